The second-order valence-electron chi connectivity index (χ2n) is 5.26. The van der Waals surface area contributed by atoms with Crippen molar-refractivity contribution < 1.29 is 4.74 Å². The first-order valence-corrected chi connectivity index (χ1v) is 6.82. The Bertz CT molecular complexity index is 381. The maximum atomic E-state index is 6.34. The molecule has 1 saturated heterocycles. The summed E-state index contributed by atoms with van der Waals surface area (Å²) in [5.74, 6) is 0. The van der Waals surface area contributed by atoms with Crippen LogP contribution < -0.4 is 5.73 Å². The largest absolute Gasteiger partial charge is 0.377 e. The fourth-order valence-corrected chi connectivity index (χ4v) is 2.63. The van der Waals surface area contributed by atoms with Gasteiger partial charge < -0.3 is 10.5 Å². The lowest BCUT2D eigenvalue weighted by atomic mass is 10.0. The zero-order valence-corrected chi connectivity index (χ0v) is 11.4. The van der Waals surface area contributed by atoms with Crippen molar-refractivity contribution in [2.24, 2.45) is 5.73 Å². The molecule has 3 heteroatoms. The van der Waals surface area contributed by atoms with Gasteiger partial charge in [-0.1, -0.05) is 24.3 Å². The Hall–Kier alpha value is -0.900. The average Bonchev–Trinajstić information content (AvgIpc) is 2.54. The summed E-state index contributed by atoms with van der Waals surface area (Å²) in [5.41, 5.74) is 8.88. The molecule has 1 aromatic rings. The monoisotopic (exact) mass is 248 g/mol. The number of nitrogens with zero attached hydrogens (tertiary/aromatic N) is 1. The van der Waals surface area contributed by atoms with Crippen LogP contribution in [0.2, 0.25) is 0 Å². The van der Waals surface area contributed by atoms with Gasteiger partial charge in [-0.2, -0.15) is 0 Å². The van der Waals surface area contributed by atoms with Crippen molar-refractivity contribution in [3.8, 4) is 0 Å². The summed E-state index contributed by atoms with van der Waals surface area (Å²) in [6.07, 6.45) is 1.42. The normalized spacial score (nSPS) is 23.6. The van der Waals surface area contributed by atoms with Crippen LogP contribution in [0.25, 0.3) is 0 Å². The van der Waals surface area contributed by atoms with Gasteiger partial charge in [0.25, 0.3) is 0 Å². The van der Waals surface area contributed by atoms with Gasteiger partial charge in [-0.3, -0.25) is 4.90 Å². The van der Waals surface area contributed by atoms with Crippen LogP contribution in [0.3, 0.4) is 0 Å². The zero-order valence-electron chi connectivity index (χ0n) is 11.4. The van der Waals surface area contributed by atoms with Gasteiger partial charge >= 0.3 is 0 Å². The van der Waals surface area contributed by atoms with Crippen LogP contribution in [-0.4, -0.2) is 37.2 Å². The predicted molar refractivity (Wildman–Crippen MR) is 74.6 cm³/mol. The molecule has 0 aromatic heterocycles. The molecule has 0 saturated carbocycles. The molecule has 0 radical (unpaired) electrons. The molecule has 0 aliphatic carbocycles. The minimum absolute atomic E-state index is 0.0940. The molecule has 18 heavy (non-hydrogen) atoms. The second kappa shape index (κ2) is 6.32. The molecule has 2 rings (SSSR count). The van der Waals surface area contributed by atoms with Crippen molar-refractivity contribution in [3.05, 3.63) is 35.4 Å². The van der Waals surface area contributed by atoms with Crippen molar-refractivity contribution in [3.63, 3.8) is 0 Å². The molecule has 0 amide bonds. The van der Waals surface area contributed by atoms with Crippen LogP contribution in [0, 0.1) is 6.92 Å². The van der Waals surface area contributed by atoms with Gasteiger partial charge in [0.1, 0.15) is 0 Å². The fraction of sp³-hybridized carbons (Fsp3) is 0.600. The highest BCUT2D eigenvalue weighted by molar-refractivity contribution is 5.28. The van der Waals surface area contributed by atoms with Crippen molar-refractivity contribution in [1.82, 2.24) is 4.90 Å². The topological polar surface area (TPSA) is 38.5 Å². The molecular formula is C15H24N2O. The van der Waals surface area contributed by atoms with Gasteiger partial charge in [0.05, 0.1) is 6.10 Å². The third-order valence-electron chi connectivity index (χ3n) is 3.58. The van der Waals surface area contributed by atoms with Crippen molar-refractivity contribution in [2.45, 2.75) is 32.4 Å². The van der Waals surface area contributed by atoms with E-state index in [2.05, 4.69) is 43.0 Å². The first kappa shape index (κ1) is 13.5. The first-order valence-electron chi connectivity index (χ1n) is 6.82. The first-order chi connectivity index (χ1) is 8.66. The molecule has 1 heterocycles. The van der Waals surface area contributed by atoms with E-state index in [-0.39, 0.29) is 6.04 Å². The minimum atomic E-state index is 0.0940. The maximum Gasteiger partial charge on any atom is 0.0673 e. The van der Waals surface area contributed by atoms with Gasteiger partial charge in [-0.25, -0.2) is 0 Å². The van der Waals surface area contributed by atoms with E-state index < -0.39 is 0 Å². The van der Waals surface area contributed by atoms with Crippen molar-refractivity contribution >= 4 is 0 Å². The molecule has 2 N–H and O–H groups in total. The average molecular weight is 248 g/mol. The number of aryl methyl sites for hydroxylation is 1. The fourth-order valence-electron chi connectivity index (χ4n) is 2.63. The quantitative estimate of drug-likeness (QED) is 0.890. The zero-order chi connectivity index (χ0) is 13.0. The van der Waals surface area contributed by atoms with Gasteiger partial charge in [-0.05, 0) is 31.4 Å². The van der Waals surface area contributed by atoms with Crippen molar-refractivity contribution in [1.29, 1.82) is 0 Å². The maximum absolute atomic E-state index is 6.34. The molecule has 0 spiro atoms. The van der Waals surface area contributed by atoms with Crippen LogP contribution in [0.5, 0.6) is 0 Å². The van der Waals surface area contributed by atoms with Gasteiger partial charge in [-0.15, -0.1) is 0 Å². The number of hydrogen-bond donors (Lipinski definition) is 1. The molecule has 100 valence electrons. The SMILES string of the molecule is Cc1ccccc1C(N)CN1CCCOC(C)C1. The highest BCUT2D eigenvalue weighted by atomic mass is 16.5. The van der Waals surface area contributed by atoms with Crippen LogP contribution in [0.1, 0.15) is 30.5 Å². The van der Waals surface area contributed by atoms with Crippen LogP contribution in [0.15, 0.2) is 24.3 Å². The molecule has 1 aliphatic heterocycles. The van der Waals surface area contributed by atoms with E-state index in [0.717, 1.165) is 32.7 Å². The van der Waals surface area contributed by atoms with E-state index in [1.54, 1.807) is 0 Å². The summed E-state index contributed by atoms with van der Waals surface area (Å²) >= 11 is 0. The lowest BCUT2D eigenvalue weighted by Crippen LogP contribution is -2.36. The lowest BCUT2D eigenvalue weighted by Gasteiger charge is -2.26. The predicted octanol–water partition coefficient (Wildman–Crippen LogP) is 2.11. The Labute approximate surface area is 110 Å². The lowest BCUT2D eigenvalue weighted by molar-refractivity contribution is 0.0670. The number of ether oxygens (including phenoxy) is 1. The van der Waals surface area contributed by atoms with Crippen LogP contribution in [-0.2, 0) is 4.74 Å². The summed E-state index contributed by atoms with van der Waals surface area (Å²) in [5, 5.41) is 0. The molecule has 0 bridgehead atoms. The van der Waals surface area contributed by atoms with Crippen LogP contribution in [0.4, 0.5) is 0 Å². The third-order valence-corrected chi connectivity index (χ3v) is 3.58. The Morgan fingerprint density at radius 1 is 1.44 bits per heavy atom. The number of nitrogens with two attached hydrogens (primary N) is 1. The third kappa shape index (κ3) is 3.55. The summed E-state index contributed by atoms with van der Waals surface area (Å²) in [4.78, 5) is 2.43. The molecule has 3 nitrogen and oxygen atoms in total. The van der Waals surface area contributed by atoms with Crippen molar-refractivity contribution in [2.75, 3.05) is 26.2 Å². The molecule has 1 aromatic carbocycles. The summed E-state index contributed by atoms with van der Waals surface area (Å²) in [7, 11) is 0. The Morgan fingerprint density at radius 2 is 2.22 bits per heavy atom. The Morgan fingerprint density at radius 3 is 3.00 bits per heavy atom. The van der Waals surface area contributed by atoms with E-state index in [4.69, 9.17) is 10.5 Å². The Balaban J connectivity index is 1.98. The van der Waals surface area contributed by atoms with E-state index >= 15 is 0 Å². The number of hydrogen-bond acceptors (Lipinski definition) is 3. The highest BCUT2D eigenvalue weighted by Crippen LogP contribution is 2.17. The van der Waals surface area contributed by atoms with E-state index in [0.29, 0.717) is 6.10 Å². The molecule has 2 atom stereocenters. The van der Waals surface area contributed by atoms with Gasteiger partial charge in [0.2, 0.25) is 0 Å². The molecule has 1 aliphatic rings. The molecular weight excluding hydrogens is 224 g/mol. The van der Waals surface area contributed by atoms with Crippen LogP contribution >= 0.6 is 0 Å². The minimum Gasteiger partial charge on any atom is -0.377 e. The van der Waals surface area contributed by atoms with E-state index in [9.17, 15) is 0 Å². The number of benzene rings is 1. The molecule has 2 unspecified atom stereocenters. The van der Waals surface area contributed by atoms with E-state index in [1.165, 1.54) is 11.1 Å². The summed E-state index contributed by atoms with van der Waals surface area (Å²) in [6, 6.07) is 8.49. The molecule has 1 fully saturated rings. The summed E-state index contributed by atoms with van der Waals surface area (Å²) in [6.45, 7) is 8.13. The van der Waals surface area contributed by atoms with E-state index in [1.807, 2.05) is 0 Å². The Kier molecular flexibility index (Phi) is 4.75. The highest BCUT2D eigenvalue weighted by Gasteiger charge is 2.18. The second-order valence-corrected chi connectivity index (χ2v) is 5.26. The smallest absolute Gasteiger partial charge is 0.0673 e. The van der Waals surface area contributed by atoms with Gasteiger partial charge in [0, 0.05) is 32.3 Å². The van der Waals surface area contributed by atoms with Gasteiger partial charge in [0.15, 0.2) is 0 Å². The number of rotatable bonds is 3. The summed E-state index contributed by atoms with van der Waals surface area (Å²) < 4.78 is 5.66. The standard InChI is InChI=1S/C15H24N2O/c1-12-6-3-4-7-14(12)15(16)11-17-8-5-9-18-13(2)10-17/h3-4,6-7,13,15H,5,8-11,16H2,1-2H3.